The van der Waals surface area contributed by atoms with E-state index in [2.05, 4.69) is 50.5 Å². The Balaban J connectivity index is 1.67. The number of hydrogen-bond donors (Lipinski definition) is 3. The number of imidazole rings is 1. The molecule has 170 valence electrons. The molecule has 2 aromatic carbocycles. The molecule has 0 bridgehead atoms. The standard InChI is InChI=1S/C27H31N5O/c1-18-8-5-6-11-22(18)24-25(31-27(2,3)4)32-13-12-21(15-23(32)30-24)26(33)29-17-20-10-7-9-19(14-20)16-28/h5-15,31H,16-17,28H2,1-4H3,(H,29,33). The SMILES string of the molecule is Cc1ccccc1-c1nc2cc(C(=O)NCc3cccc(CN)c3)ccn2c1NC(C)(C)C. The fourth-order valence-corrected chi connectivity index (χ4v) is 3.84. The lowest BCUT2D eigenvalue weighted by molar-refractivity contribution is 0.0951. The molecule has 1 amide bonds. The van der Waals surface area contributed by atoms with Crippen LogP contribution >= 0.6 is 0 Å². The van der Waals surface area contributed by atoms with Crippen LogP contribution in [0.25, 0.3) is 16.9 Å². The first-order valence-corrected chi connectivity index (χ1v) is 11.2. The molecule has 6 heteroatoms. The number of nitrogens with two attached hydrogens (primary N) is 1. The zero-order chi connectivity index (χ0) is 23.6. The van der Waals surface area contributed by atoms with E-state index in [4.69, 9.17) is 10.7 Å². The van der Waals surface area contributed by atoms with Crippen molar-refractivity contribution in [3.8, 4) is 11.3 Å². The summed E-state index contributed by atoms with van der Waals surface area (Å²) in [5.41, 5.74) is 12.0. The Morgan fingerprint density at radius 3 is 2.52 bits per heavy atom. The van der Waals surface area contributed by atoms with Gasteiger partial charge < -0.3 is 16.4 Å². The lowest BCUT2D eigenvalue weighted by Crippen LogP contribution is -2.27. The monoisotopic (exact) mass is 441 g/mol. The third-order valence-electron chi connectivity index (χ3n) is 5.46. The van der Waals surface area contributed by atoms with Crippen LogP contribution in [-0.2, 0) is 13.1 Å². The summed E-state index contributed by atoms with van der Waals surface area (Å²) in [7, 11) is 0. The van der Waals surface area contributed by atoms with Crippen molar-refractivity contribution in [1.29, 1.82) is 0 Å². The normalized spacial score (nSPS) is 11.5. The van der Waals surface area contributed by atoms with Crippen LogP contribution < -0.4 is 16.4 Å². The van der Waals surface area contributed by atoms with Gasteiger partial charge in [-0.15, -0.1) is 0 Å². The van der Waals surface area contributed by atoms with Crippen LogP contribution in [0.15, 0.2) is 66.9 Å². The fraction of sp³-hybridized carbons (Fsp3) is 0.259. The summed E-state index contributed by atoms with van der Waals surface area (Å²) in [6.07, 6.45) is 1.90. The van der Waals surface area contributed by atoms with Crippen LogP contribution in [0.3, 0.4) is 0 Å². The highest BCUT2D eigenvalue weighted by Gasteiger charge is 2.21. The maximum absolute atomic E-state index is 12.9. The molecule has 0 spiro atoms. The van der Waals surface area contributed by atoms with E-state index in [0.29, 0.717) is 18.7 Å². The number of rotatable bonds is 6. The Labute approximate surface area is 194 Å². The number of aryl methyl sites for hydroxylation is 1. The van der Waals surface area contributed by atoms with Gasteiger partial charge in [-0.3, -0.25) is 9.20 Å². The van der Waals surface area contributed by atoms with Crippen LogP contribution in [0, 0.1) is 6.92 Å². The largest absolute Gasteiger partial charge is 0.365 e. The Morgan fingerprint density at radius 1 is 1.03 bits per heavy atom. The molecular weight excluding hydrogens is 410 g/mol. The quantitative estimate of drug-likeness (QED) is 0.397. The van der Waals surface area contributed by atoms with E-state index in [9.17, 15) is 4.79 Å². The average molecular weight is 442 g/mol. The van der Waals surface area contributed by atoms with Crippen molar-refractivity contribution in [2.45, 2.75) is 46.3 Å². The average Bonchev–Trinajstić information content (AvgIpc) is 3.13. The second-order valence-corrected chi connectivity index (χ2v) is 9.35. The third kappa shape index (κ3) is 5.07. The predicted octanol–water partition coefficient (Wildman–Crippen LogP) is 4.91. The summed E-state index contributed by atoms with van der Waals surface area (Å²) in [6, 6.07) is 19.8. The highest BCUT2D eigenvalue weighted by molar-refractivity contribution is 5.95. The summed E-state index contributed by atoms with van der Waals surface area (Å²) >= 11 is 0. The number of amides is 1. The summed E-state index contributed by atoms with van der Waals surface area (Å²) in [6.45, 7) is 9.36. The predicted molar refractivity (Wildman–Crippen MR) is 134 cm³/mol. The molecule has 2 aromatic heterocycles. The summed E-state index contributed by atoms with van der Waals surface area (Å²) < 4.78 is 2.01. The van der Waals surface area contributed by atoms with Crippen molar-refractivity contribution in [2.24, 2.45) is 5.73 Å². The van der Waals surface area contributed by atoms with E-state index in [1.807, 2.05) is 59.1 Å². The van der Waals surface area contributed by atoms with E-state index >= 15 is 0 Å². The number of nitrogens with zero attached hydrogens (tertiary/aromatic N) is 2. The molecule has 4 aromatic rings. The minimum Gasteiger partial charge on any atom is -0.365 e. The van der Waals surface area contributed by atoms with Crippen molar-refractivity contribution in [2.75, 3.05) is 5.32 Å². The maximum Gasteiger partial charge on any atom is 0.251 e. The smallest absolute Gasteiger partial charge is 0.251 e. The molecule has 0 aliphatic rings. The van der Waals surface area contributed by atoms with Gasteiger partial charge in [0, 0.05) is 36.0 Å². The lowest BCUT2D eigenvalue weighted by Gasteiger charge is -2.23. The Morgan fingerprint density at radius 2 is 1.79 bits per heavy atom. The number of fused-ring (bicyclic) bond motifs is 1. The Kier molecular flexibility index (Phi) is 6.20. The molecule has 0 atom stereocenters. The lowest BCUT2D eigenvalue weighted by atomic mass is 10.0. The van der Waals surface area contributed by atoms with Crippen molar-refractivity contribution in [1.82, 2.24) is 14.7 Å². The fourth-order valence-electron chi connectivity index (χ4n) is 3.84. The van der Waals surface area contributed by atoms with E-state index in [-0.39, 0.29) is 11.4 Å². The number of pyridine rings is 1. The molecule has 4 N–H and O–H groups in total. The molecule has 0 saturated heterocycles. The second-order valence-electron chi connectivity index (χ2n) is 9.35. The number of nitrogens with one attached hydrogen (secondary N) is 2. The zero-order valence-electron chi connectivity index (χ0n) is 19.6. The van der Waals surface area contributed by atoms with Gasteiger partial charge in [0.25, 0.3) is 5.91 Å². The molecule has 2 heterocycles. The van der Waals surface area contributed by atoms with Gasteiger partial charge in [-0.1, -0.05) is 48.5 Å². The molecule has 0 radical (unpaired) electrons. The number of aromatic nitrogens is 2. The first-order valence-electron chi connectivity index (χ1n) is 11.2. The van der Waals surface area contributed by atoms with Crippen LogP contribution in [0.4, 0.5) is 5.82 Å². The van der Waals surface area contributed by atoms with Crippen LogP contribution in [0.2, 0.25) is 0 Å². The van der Waals surface area contributed by atoms with Gasteiger partial charge in [-0.05, 0) is 56.5 Å². The Hall–Kier alpha value is -3.64. The molecule has 0 saturated carbocycles. The molecule has 33 heavy (non-hydrogen) atoms. The van der Waals surface area contributed by atoms with Gasteiger partial charge in [0.15, 0.2) is 0 Å². The van der Waals surface area contributed by atoms with Crippen LogP contribution in [-0.4, -0.2) is 20.8 Å². The van der Waals surface area contributed by atoms with Crippen LogP contribution in [0.1, 0.15) is 47.8 Å². The number of hydrogen-bond acceptors (Lipinski definition) is 4. The summed E-state index contributed by atoms with van der Waals surface area (Å²) in [4.78, 5) is 17.8. The van der Waals surface area contributed by atoms with Crippen molar-refractivity contribution in [3.63, 3.8) is 0 Å². The van der Waals surface area contributed by atoms with E-state index in [0.717, 1.165) is 39.4 Å². The van der Waals surface area contributed by atoms with Crippen LogP contribution in [0.5, 0.6) is 0 Å². The molecule has 6 nitrogen and oxygen atoms in total. The minimum absolute atomic E-state index is 0.138. The van der Waals surface area contributed by atoms with E-state index in [1.165, 1.54) is 0 Å². The minimum atomic E-state index is -0.151. The summed E-state index contributed by atoms with van der Waals surface area (Å²) in [5.74, 6) is 0.777. The molecule has 0 unspecified atom stereocenters. The number of carbonyl (C=O) groups is 1. The van der Waals surface area contributed by atoms with Gasteiger partial charge in [0.2, 0.25) is 0 Å². The third-order valence-corrected chi connectivity index (χ3v) is 5.46. The van der Waals surface area contributed by atoms with Crippen molar-refractivity contribution >= 4 is 17.4 Å². The first-order chi connectivity index (χ1) is 15.7. The highest BCUT2D eigenvalue weighted by atomic mass is 16.1. The van der Waals surface area contributed by atoms with Gasteiger partial charge in [0.05, 0.1) is 0 Å². The topological polar surface area (TPSA) is 84.5 Å². The number of benzene rings is 2. The van der Waals surface area contributed by atoms with Crippen molar-refractivity contribution < 1.29 is 4.79 Å². The van der Waals surface area contributed by atoms with E-state index in [1.54, 1.807) is 0 Å². The molecule has 0 fully saturated rings. The Bertz CT molecular complexity index is 1300. The highest BCUT2D eigenvalue weighted by Crippen LogP contribution is 2.32. The number of anilines is 1. The molecule has 4 rings (SSSR count). The number of carbonyl (C=O) groups excluding carboxylic acids is 1. The van der Waals surface area contributed by atoms with Gasteiger partial charge >= 0.3 is 0 Å². The van der Waals surface area contributed by atoms with Crippen molar-refractivity contribution in [3.05, 3.63) is 89.1 Å². The molecule has 0 aliphatic carbocycles. The van der Waals surface area contributed by atoms with E-state index < -0.39 is 0 Å². The zero-order valence-corrected chi connectivity index (χ0v) is 19.6. The first kappa shape index (κ1) is 22.6. The van der Waals surface area contributed by atoms with Gasteiger partial charge in [-0.25, -0.2) is 4.98 Å². The summed E-state index contributed by atoms with van der Waals surface area (Å²) in [5, 5.41) is 6.59. The molecular formula is C27H31N5O. The maximum atomic E-state index is 12.9. The van der Waals surface area contributed by atoms with Gasteiger partial charge in [-0.2, -0.15) is 0 Å². The second kappa shape index (κ2) is 9.08. The van der Waals surface area contributed by atoms with Gasteiger partial charge in [0.1, 0.15) is 17.2 Å². The molecule has 0 aliphatic heterocycles.